The highest BCUT2D eigenvalue weighted by molar-refractivity contribution is 6.35. The lowest BCUT2D eigenvalue weighted by atomic mass is 10.0. The molecule has 0 bridgehead atoms. The van der Waals surface area contributed by atoms with Crippen molar-refractivity contribution in [2.24, 2.45) is 0 Å². The third-order valence-corrected chi connectivity index (χ3v) is 4.14. The molecular formula is C20H13Cl2NO. The number of nitrogens with zero attached hydrogens (tertiary/aromatic N) is 1. The summed E-state index contributed by atoms with van der Waals surface area (Å²) < 4.78 is 5.78. The van der Waals surface area contributed by atoms with E-state index in [4.69, 9.17) is 27.9 Å². The highest BCUT2D eigenvalue weighted by atomic mass is 35.5. The van der Waals surface area contributed by atoms with Crippen LogP contribution in [0.1, 0.15) is 11.1 Å². The van der Waals surface area contributed by atoms with Crippen molar-refractivity contribution in [1.82, 2.24) is 0 Å². The highest BCUT2D eigenvalue weighted by Crippen LogP contribution is 2.33. The van der Waals surface area contributed by atoms with Crippen LogP contribution in [0.3, 0.4) is 0 Å². The number of nitriles is 1. The van der Waals surface area contributed by atoms with Crippen LogP contribution in [0.5, 0.6) is 5.75 Å². The van der Waals surface area contributed by atoms with E-state index < -0.39 is 0 Å². The van der Waals surface area contributed by atoms with E-state index in [1.807, 2.05) is 36.4 Å². The summed E-state index contributed by atoms with van der Waals surface area (Å²) in [6.07, 6.45) is 0. The fourth-order valence-corrected chi connectivity index (χ4v) is 2.76. The van der Waals surface area contributed by atoms with Crippen molar-refractivity contribution in [3.05, 3.63) is 87.9 Å². The SMILES string of the molecule is N#Cc1cc(-c2cc(Cl)ccc2Cl)ccc1OCc1ccccc1. The molecule has 0 amide bonds. The summed E-state index contributed by atoms with van der Waals surface area (Å²) >= 11 is 12.3. The van der Waals surface area contributed by atoms with Gasteiger partial charge in [-0.3, -0.25) is 0 Å². The molecule has 0 atom stereocenters. The molecule has 0 aromatic heterocycles. The molecule has 0 heterocycles. The molecule has 0 unspecified atom stereocenters. The van der Waals surface area contributed by atoms with Gasteiger partial charge in [0.25, 0.3) is 0 Å². The molecule has 0 aliphatic rings. The van der Waals surface area contributed by atoms with Gasteiger partial charge < -0.3 is 4.74 Å². The normalized spacial score (nSPS) is 10.2. The first-order valence-corrected chi connectivity index (χ1v) is 8.09. The van der Waals surface area contributed by atoms with Crippen LogP contribution < -0.4 is 4.74 Å². The molecule has 0 spiro atoms. The zero-order valence-electron chi connectivity index (χ0n) is 12.7. The fraction of sp³-hybridized carbons (Fsp3) is 0.0500. The van der Waals surface area contributed by atoms with Crippen LogP contribution in [0.4, 0.5) is 0 Å². The fourth-order valence-electron chi connectivity index (χ4n) is 2.36. The molecule has 4 heteroatoms. The largest absolute Gasteiger partial charge is 0.488 e. The van der Waals surface area contributed by atoms with E-state index in [1.165, 1.54) is 0 Å². The average Bonchev–Trinajstić information content (AvgIpc) is 2.62. The van der Waals surface area contributed by atoms with E-state index in [9.17, 15) is 5.26 Å². The monoisotopic (exact) mass is 353 g/mol. The van der Waals surface area contributed by atoms with Gasteiger partial charge in [0, 0.05) is 15.6 Å². The van der Waals surface area contributed by atoms with Gasteiger partial charge in [0.2, 0.25) is 0 Å². The summed E-state index contributed by atoms with van der Waals surface area (Å²) in [5, 5.41) is 10.6. The Morgan fingerprint density at radius 1 is 0.917 bits per heavy atom. The van der Waals surface area contributed by atoms with Crippen molar-refractivity contribution in [3.63, 3.8) is 0 Å². The molecule has 3 aromatic carbocycles. The van der Waals surface area contributed by atoms with Crippen LogP contribution in [0.2, 0.25) is 10.0 Å². The Morgan fingerprint density at radius 2 is 1.71 bits per heavy atom. The number of hydrogen-bond acceptors (Lipinski definition) is 2. The van der Waals surface area contributed by atoms with Gasteiger partial charge >= 0.3 is 0 Å². The van der Waals surface area contributed by atoms with E-state index in [1.54, 1.807) is 30.3 Å². The second-order valence-electron chi connectivity index (χ2n) is 5.22. The predicted octanol–water partition coefficient (Wildman–Crippen LogP) is 6.11. The van der Waals surface area contributed by atoms with Gasteiger partial charge in [0.05, 0.1) is 5.56 Å². The Kier molecular flexibility index (Phi) is 5.05. The topological polar surface area (TPSA) is 33.0 Å². The lowest BCUT2D eigenvalue weighted by Gasteiger charge is -2.11. The van der Waals surface area contributed by atoms with Crippen LogP contribution in [-0.2, 0) is 6.61 Å². The Morgan fingerprint density at radius 3 is 2.46 bits per heavy atom. The van der Waals surface area contributed by atoms with Gasteiger partial charge in [-0.25, -0.2) is 0 Å². The molecule has 0 aliphatic carbocycles. The molecule has 0 fully saturated rings. The summed E-state index contributed by atoms with van der Waals surface area (Å²) in [5.41, 5.74) is 3.12. The van der Waals surface area contributed by atoms with E-state index >= 15 is 0 Å². The standard InChI is InChI=1S/C20H13Cl2NO/c21-17-7-8-19(22)18(11-17)15-6-9-20(16(10-15)12-23)24-13-14-4-2-1-3-5-14/h1-11H,13H2. The number of halogens is 2. The second-order valence-corrected chi connectivity index (χ2v) is 6.06. The van der Waals surface area contributed by atoms with Gasteiger partial charge in [-0.15, -0.1) is 0 Å². The van der Waals surface area contributed by atoms with Gasteiger partial charge in [-0.05, 0) is 41.5 Å². The van der Waals surface area contributed by atoms with Gasteiger partial charge in [-0.2, -0.15) is 5.26 Å². The van der Waals surface area contributed by atoms with Crippen LogP contribution in [0.15, 0.2) is 66.7 Å². The van der Waals surface area contributed by atoms with Crippen molar-refractivity contribution in [2.75, 3.05) is 0 Å². The number of benzene rings is 3. The molecule has 0 N–H and O–H groups in total. The maximum absolute atomic E-state index is 9.42. The van der Waals surface area contributed by atoms with Crippen molar-refractivity contribution in [3.8, 4) is 22.9 Å². The minimum Gasteiger partial charge on any atom is -0.488 e. The second kappa shape index (κ2) is 7.40. The Labute approximate surface area is 150 Å². The molecule has 0 aliphatic heterocycles. The maximum atomic E-state index is 9.42. The van der Waals surface area contributed by atoms with Crippen molar-refractivity contribution in [1.29, 1.82) is 5.26 Å². The Hall–Kier alpha value is -2.47. The minimum absolute atomic E-state index is 0.410. The smallest absolute Gasteiger partial charge is 0.137 e. The van der Waals surface area contributed by atoms with E-state index in [0.717, 1.165) is 16.7 Å². The zero-order valence-corrected chi connectivity index (χ0v) is 14.2. The molecule has 2 nitrogen and oxygen atoms in total. The first-order valence-electron chi connectivity index (χ1n) is 7.33. The van der Waals surface area contributed by atoms with Crippen LogP contribution in [0.25, 0.3) is 11.1 Å². The van der Waals surface area contributed by atoms with E-state index in [-0.39, 0.29) is 0 Å². The van der Waals surface area contributed by atoms with Crippen molar-refractivity contribution >= 4 is 23.2 Å². The van der Waals surface area contributed by atoms with Crippen molar-refractivity contribution < 1.29 is 4.74 Å². The Balaban J connectivity index is 1.88. The van der Waals surface area contributed by atoms with Crippen LogP contribution >= 0.6 is 23.2 Å². The van der Waals surface area contributed by atoms with E-state index in [0.29, 0.717) is 28.0 Å². The number of ether oxygens (including phenoxy) is 1. The van der Waals surface area contributed by atoms with E-state index in [2.05, 4.69) is 6.07 Å². The third-order valence-electron chi connectivity index (χ3n) is 3.58. The predicted molar refractivity (Wildman–Crippen MR) is 97.4 cm³/mol. The molecule has 118 valence electrons. The minimum atomic E-state index is 0.410. The first-order chi connectivity index (χ1) is 11.7. The molecule has 3 aromatic rings. The molecule has 0 radical (unpaired) electrons. The molecule has 24 heavy (non-hydrogen) atoms. The highest BCUT2D eigenvalue weighted by Gasteiger charge is 2.10. The summed E-state index contributed by atoms with van der Waals surface area (Å²) in [6.45, 7) is 0.410. The van der Waals surface area contributed by atoms with Crippen molar-refractivity contribution in [2.45, 2.75) is 6.61 Å². The molecular weight excluding hydrogens is 341 g/mol. The molecule has 0 saturated heterocycles. The lowest BCUT2D eigenvalue weighted by Crippen LogP contribution is -1.97. The summed E-state index contributed by atoms with van der Waals surface area (Å²) in [4.78, 5) is 0. The quantitative estimate of drug-likeness (QED) is 0.566. The van der Waals surface area contributed by atoms with Gasteiger partial charge in [0.1, 0.15) is 18.4 Å². The number of rotatable bonds is 4. The van der Waals surface area contributed by atoms with Gasteiger partial charge in [-0.1, -0.05) is 59.6 Å². The molecule has 0 saturated carbocycles. The zero-order chi connectivity index (χ0) is 16.9. The van der Waals surface area contributed by atoms with Gasteiger partial charge in [0.15, 0.2) is 0 Å². The third kappa shape index (κ3) is 3.71. The Bertz CT molecular complexity index is 901. The maximum Gasteiger partial charge on any atom is 0.137 e. The average molecular weight is 354 g/mol. The summed E-state index contributed by atoms with van der Waals surface area (Å²) in [6, 6.07) is 22.7. The van der Waals surface area contributed by atoms with Crippen LogP contribution in [-0.4, -0.2) is 0 Å². The summed E-state index contributed by atoms with van der Waals surface area (Å²) in [5.74, 6) is 0.545. The molecule has 3 rings (SSSR count). The van der Waals surface area contributed by atoms with Crippen LogP contribution in [0, 0.1) is 11.3 Å². The number of hydrogen-bond donors (Lipinski definition) is 0. The summed E-state index contributed by atoms with van der Waals surface area (Å²) in [7, 11) is 0. The first kappa shape index (κ1) is 16.4. The lowest BCUT2D eigenvalue weighted by molar-refractivity contribution is 0.305.